The van der Waals surface area contributed by atoms with Crippen molar-refractivity contribution in [3.8, 4) is 5.75 Å². The van der Waals surface area contributed by atoms with Crippen LogP contribution in [-0.2, 0) is 6.42 Å². The van der Waals surface area contributed by atoms with E-state index in [4.69, 9.17) is 0 Å². The SMILES string of the molecule is CC(Cc1ccccc1)NCCC(c1ccccc1)c1ccc(O)cc1.Cl. The smallest absolute Gasteiger partial charge is 0.115 e. The van der Waals surface area contributed by atoms with Gasteiger partial charge in [0.25, 0.3) is 0 Å². The third-order valence-electron chi connectivity index (χ3n) is 4.81. The molecule has 0 aliphatic rings. The monoisotopic (exact) mass is 381 g/mol. The average molecular weight is 382 g/mol. The fourth-order valence-electron chi connectivity index (χ4n) is 3.43. The standard InChI is InChI=1S/C24H27NO.ClH/c1-19(18-20-8-4-2-5-9-20)25-17-16-24(21-10-6-3-7-11-21)22-12-14-23(26)15-13-22;/h2-15,19,24-26H,16-18H2,1H3;1H. The number of rotatable bonds is 8. The minimum atomic E-state index is 0. The summed E-state index contributed by atoms with van der Waals surface area (Å²) in [6.07, 6.45) is 2.06. The van der Waals surface area contributed by atoms with E-state index in [-0.39, 0.29) is 12.4 Å². The molecular formula is C24H28ClNO. The van der Waals surface area contributed by atoms with Gasteiger partial charge in [-0.15, -0.1) is 12.4 Å². The summed E-state index contributed by atoms with van der Waals surface area (Å²) in [6.45, 7) is 3.19. The number of phenolic OH excluding ortho intramolecular Hbond substituents is 1. The minimum absolute atomic E-state index is 0. The Morgan fingerprint density at radius 2 is 1.33 bits per heavy atom. The Hall–Kier alpha value is -2.29. The van der Waals surface area contributed by atoms with Crippen molar-refractivity contribution in [3.63, 3.8) is 0 Å². The summed E-state index contributed by atoms with van der Waals surface area (Å²) >= 11 is 0. The molecule has 0 bridgehead atoms. The molecule has 3 heteroatoms. The van der Waals surface area contributed by atoms with Crippen LogP contribution in [0.5, 0.6) is 5.75 Å². The zero-order valence-electron chi connectivity index (χ0n) is 15.7. The Morgan fingerprint density at radius 1 is 0.778 bits per heavy atom. The predicted molar refractivity (Wildman–Crippen MR) is 116 cm³/mol. The lowest BCUT2D eigenvalue weighted by Crippen LogP contribution is -2.30. The number of halogens is 1. The van der Waals surface area contributed by atoms with Crippen molar-refractivity contribution in [2.24, 2.45) is 0 Å². The first kappa shape index (κ1) is 21.0. The number of nitrogens with one attached hydrogen (secondary N) is 1. The summed E-state index contributed by atoms with van der Waals surface area (Å²) < 4.78 is 0. The van der Waals surface area contributed by atoms with E-state index in [2.05, 4.69) is 72.9 Å². The van der Waals surface area contributed by atoms with Crippen molar-refractivity contribution >= 4 is 12.4 Å². The molecule has 2 unspecified atom stereocenters. The highest BCUT2D eigenvalue weighted by atomic mass is 35.5. The molecule has 0 saturated carbocycles. The molecule has 2 atom stereocenters. The Balaban J connectivity index is 0.00000261. The van der Waals surface area contributed by atoms with Gasteiger partial charge in [0.15, 0.2) is 0 Å². The Morgan fingerprint density at radius 3 is 1.96 bits per heavy atom. The van der Waals surface area contributed by atoms with Crippen LogP contribution < -0.4 is 5.32 Å². The van der Waals surface area contributed by atoms with Crippen LogP contribution in [0.15, 0.2) is 84.9 Å². The lowest BCUT2D eigenvalue weighted by Gasteiger charge is -2.20. The van der Waals surface area contributed by atoms with E-state index in [0.717, 1.165) is 19.4 Å². The third kappa shape index (κ3) is 6.42. The highest BCUT2D eigenvalue weighted by Gasteiger charge is 2.14. The maximum Gasteiger partial charge on any atom is 0.115 e. The maximum absolute atomic E-state index is 9.59. The molecule has 0 aliphatic heterocycles. The van der Waals surface area contributed by atoms with Crippen LogP contribution in [0.4, 0.5) is 0 Å². The van der Waals surface area contributed by atoms with Crippen molar-refractivity contribution < 1.29 is 5.11 Å². The molecule has 0 spiro atoms. The van der Waals surface area contributed by atoms with E-state index in [1.165, 1.54) is 16.7 Å². The van der Waals surface area contributed by atoms with Crippen molar-refractivity contribution in [2.75, 3.05) is 6.54 Å². The quantitative estimate of drug-likeness (QED) is 0.535. The molecule has 0 amide bonds. The van der Waals surface area contributed by atoms with E-state index in [1.54, 1.807) is 12.1 Å². The van der Waals surface area contributed by atoms with Gasteiger partial charge in [0, 0.05) is 12.0 Å². The van der Waals surface area contributed by atoms with Crippen LogP contribution >= 0.6 is 12.4 Å². The van der Waals surface area contributed by atoms with Gasteiger partial charge in [0.05, 0.1) is 0 Å². The van der Waals surface area contributed by atoms with Gasteiger partial charge in [0.2, 0.25) is 0 Å². The van der Waals surface area contributed by atoms with E-state index in [0.29, 0.717) is 17.7 Å². The molecule has 0 radical (unpaired) electrons. The Kier molecular flexibility index (Phi) is 8.38. The number of benzene rings is 3. The summed E-state index contributed by atoms with van der Waals surface area (Å²) in [4.78, 5) is 0. The molecule has 3 aromatic carbocycles. The average Bonchev–Trinajstić information content (AvgIpc) is 2.68. The first-order valence-electron chi connectivity index (χ1n) is 9.33. The molecule has 0 aromatic heterocycles. The van der Waals surface area contributed by atoms with Gasteiger partial charge in [0.1, 0.15) is 5.75 Å². The summed E-state index contributed by atoms with van der Waals surface area (Å²) in [5, 5.41) is 13.2. The van der Waals surface area contributed by atoms with Gasteiger partial charge < -0.3 is 10.4 Å². The Labute approximate surface area is 168 Å². The lowest BCUT2D eigenvalue weighted by molar-refractivity contribution is 0.474. The van der Waals surface area contributed by atoms with Crippen LogP contribution in [0.25, 0.3) is 0 Å². The third-order valence-corrected chi connectivity index (χ3v) is 4.81. The normalized spacial score (nSPS) is 12.8. The molecule has 142 valence electrons. The summed E-state index contributed by atoms with van der Waals surface area (Å²) in [7, 11) is 0. The number of hydrogen-bond donors (Lipinski definition) is 2. The van der Waals surface area contributed by atoms with Crippen LogP contribution in [-0.4, -0.2) is 17.7 Å². The van der Waals surface area contributed by atoms with Gasteiger partial charge in [-0.2, -0.15) is 0 Å². The second-order valence-electron chi connectivity index (χ2n) is 6.89. The van der Waals surface area contributed by atoms with Crippen molar-refractivity contribution in [2.45, 2.75) is 31.7 Å². The fraction of sp³-hybridized carbons (Fsp3) is 0.250. The topological polar surface area (TPSA) is 32.3 Å². The fourth-order valence-corrected chi connectivity index (χ4v) is 3.43. The first-order chi connectivity index (χ1) is 12.7. The zero-order valence-corrected chi connectivity index (χ0v) is 16.5. The van der Waals surface area contributed by atoms with Gasteiger partial charge >= 0.3 is 0 Å². The highest BCUT2D eigenvalue weighted by molar-refractivity contribution is 5.85. The second kappa shape index (κ2) is 10.8. The lowest BCUT2D eigenvalue weighted by atomic mass is 9.88. The Bertz CT molecular complexity index is 774. The molecule has 0 aliphatic carbocycles. The summed E-state index contributed by atoms with van der Waals surface area (Å²) in [6, 6.07) is 29.3. The molecule has 2 N–H and O–H groups in total. The first-order valence-corrected chi connectivity index (χ1v) is 9.33. The molecule has 3 rings (SSSR count). The molecular weight excluding hydrogens is 354 g/mol. The minimum Gasteiger partial charge on any atom is -0.508 e. The van der Waals surface area contributed by atoms with E-state index < -0.39 is 0 Å². The van der Waals surface area contributed by atoms with Gasteiger partial charge in [-0.05, 0) is 55.1 Å². The van der Waals surface area contributed by atoms with Crippen LogP contribution in [0.2, 0.25) is 0 Å². The summed E-state index contributed by atoms with van der Waals surface area (Å²) in [5.74, 6) is 0.642. The molecule has 0 heterocycles. The summed E-state index contributed by atoms with van der Waals surface area (Å²) in [5.41, 5.74) is 3.92. The molecule has 27 heavy (non-hydrogen) atoms. The van der Waals surface area contributed by atoms with E-state index >= 15 is 0 Å². The molecule has 0 saturated heterocycles. The van der Waals surface area contributed by atoms with Gasteiger partial charge in [-0.1, -0.05) is 72.8 Å². The predicted octanol–water partition coefficient (Wildman–Crippen LogP) is 5.56. The molecule has 0 fully saturated rings. The molecule has 3 aromatic rings. The van der Waals surface area contributed by atoms with Crippen molar-refractivity contribution in [3.05, 3.63) is 102 Å². The second-order valence-corrected chi connectivity index (χ2v) is 6.89. The van der Waals surface area contributed by atoms with Crippen molar-refractivity contribution in [1.82, 2.24) is 5.32 Å². The zero-order chi connectivity index (χ0) is 18.2. The molecule has 2 nitrogen and oxygen atoms in total. The number of phenols is 1. The largest absolute Gasteiger partial charge is 0.508 e. The maximum atomic E-state index is 9.59. The van der Waals surface area contributed by atoms with Crippen molar-refractivity contribution in [1.29, 1.82) is 0 Å². The van der Waals surface area contributed by atoms with Gasteiger partial charge in [-0.25, -0.2) is 0 Å². The van der Waals surface area contributed by atoms with Crippen LogP contribution in [0.1, 0.15) is 36.0 Å². The number of hydrogen-bond acceptors (Lipinski definition) is 2. The van der Waals surface area contributed by atoms with Crippen LogP contribution in [0, 0.1) is 0 Å². The number of aromatic hydroxyl groups is 1. The van der Waals surface area contributed by atoms with E-state index in [9.17, 15) is 5.11 Å². The van der Waals surface area contributed by atoms with Gasteiger partial charge in [-0.3, -0.25) is 0 Å². The van der Waals surface area contributed by atoms with E-state index in [1.807, 2.05) is 12.1 Å². The highest BCUT2D eigenvalue weighted by Crippen LogP contribution is 2.28. The van der Waals surface area contributed by atoms with Crippen LogP contribution in [0.3, 0.4) is 0 Å².